The minimum Gasteiger partial charge on any atom is -0.316 e. The van der Waals surface area contributed by atoms with Gasteiger partial charge in [0.05, 0.1) is 6.54 Å². The largest absolute Gasteiger partial charge is 0.324 e. The van der Waals surface area contributed by atoms with Crippen molar-refractivity contribution in [2.24, 2.45) is 0 Å². The molecule has 1 aliphatic rings. The molecule has 0 bridgehead atoms. The van der Waals surface area contributed by atoms with Gasteiger partial charge in [-0.3, -0.25) is 0 Å². The van der Waals surface area contributed by atoms with E-state index in [0.29, 0.717) is 18.0 Å². The number of hydrogen-bond acceptors (Lipinski definition) is 5. The van der Waals surface area contributed by atoms with Crippen molar-refractivity contribution >= 4 is 17.4 Å². The Bertz CT molecular complexity index is 502. The van der Waals surface area contributed by atoms with Gasteiger partial charge in [0.25, 0.3) is 0 Å². The van der Waals surface area contributed by atoms with Crippen LogP contribution in [-0.2, 0) is 6.54 Å². The molecule has 0 radical (unpaired) electrons. The lowest BCUT2D eigenvalue weighted by atomic mass is 10.2. The molecular formula is C13H17N3OS. The second-order valence-electron chi connectivity index (χ2n) is 5.03. The maximum absolute atomic E-state index is 5.41. The van der Waals surface area contributed by atoms with E-state index in [9.17, 15) is 0 Å². The highest BCUT2D eigenvalue weighted by molar-refractivity contribution is 7.09. The zero-order valence-corrected chi connectivity index (χ0v) is 11.5. The van der Waals surface area contributed by atoms with Crippen LogP contribution in [0.15, 0.2) is 22.0 Å². The van der Waals surface area contributed by atoms with Gasteiger partial charge in [-0.15, -0.1) is 11.3 Å². The molecule has 1 fully saturated rings. The van der Waals surface area contributed by atoms with Gasteiger partial charge in [-0.1, -0.05) is 25.1 Å². The molecule has 4 nitrogen and oxygen atoms in total. The van der Waals surface area contributed by atoms with Crippen LogP contribution in [0.2, 0.25) is 0 Å². The van der Waals surface area contributed by atoms with Gasteiger partial charge in [-0.25, -0.2) is 0 Å². The summed E-state index contributed by atoms with van der Waals surface area (Å²) in [6, 6.07) is 5.49. The summed E-state index contributed by atoms with van der Waals surface area (Å²) in [6.45, 7) is 5.03. The van der Waals surface area contributed by atoms with Crippen LogP contribution in [0, 0.1) is 0 Å². The molecule has 0 unspecified atom stereocenters. The van der Waals surface area contributed by atoms with Crippen molar-refractivity contribution < 1.29 is 4.52 Å². The Hall–Kier alpha value is -1.36. The smallest absolute Gasteiger partial charge is 0.316 e. The van der Waals surface area contributed by atoms with Crippen molar-refractivity contribution in [3.63, 3.8) is 0 Å². The third-order valence-corrected chi connectivity index (χ3v) is 3.95. The SMILES string of the molecule is CC(C)c1noc(N(Cc2cccs2)C2CC2)n1. The van der Waals surface area contributed by atoms with Crippen LogP contribution in [0.1, 0.15) is 43.3 Å². The van der Waals surface area contributed by atoms with Crippen molar-refractivity contribution in [1.82, 2.24) is 10.1 Å². The molecule has 18 heavy (non-hydrogen) atoms. The lowest BCUT2D eigenvalue weighted by Gasteiger charge is -2.18. The third kappa shape index (κ3) is 2.41. The van der Waals surface area contributed by atoms with E-state index >= 15 is 0 Å². The molecule has 0 amide bonds. The fraction of sp³-hybridized carbons (Fsp3) is 0.538. The van der Waals surface area contributed by atoms with Gasteiger partial charge in [-0.05, 0) is 24.3 Å². The Morgan fingerprint density at radius 1 is 1.50 bits per heavy atom. The standard InChI is InChI=1S/C13H17N3OS/c1-9(2)12-14-13(17-15-12)16(10-5-6-10)8-11-4-3-7-18-11/h3-4,7,9-10H,5-6,8H2,1-2H3. The molecule has 2 aromatic heterocycles. The molecule has 5 heteroatoms. The number of anilines is 1. The van der Waals surface area contributed by atoms with Crippen molar-refractivity contribution in [1.29, 1.82) is 0 Å². The highest BCUT2D eigenvalue weighted by Crippen LogP contribution is 2.33. The van der Waals surface area contributed by atoms with Gasteiger partial charge in [0, 0.05) is 16.8 Å². The minimum atomic E-state index is 0.310. The number of aromatic nitrogens is 2. The van der Waals surface area contributed by atoms with Crippen LogP contribution >= 0.6 is 11.3 Å². The molecule has 1 saturated carbocycles. The average Bonchev–Trinajstić information content (AvgIpc) is 2.88. The van der Waals surface area contributed by atoms with Gasteiger partial charge >= 0.3 is 6.01 Å². The number of nitrogens with zero attached hydrogens (tertiary/aromatic N) is 3. The van der Waals surface area contributed by atoms with Crippen LogP contribution in [0.4, 0.5) is 6.01 Å². The predicted octanol–water partition coefficient (Wildman–Crippen LogP) is 3.42. The fourth-order valence-electron chi connectivity index (χ4n) is 1.89. The summed E-state index contributed by atoms with van der Waals surface area (Å²) in [4.78, 5) is 8.08. The Labute approximate surface area is 111 Å². The van der Waals surface area contributed by atoms with Crippen LogP contribution in [0.3, 0.4) is 0 Å². The lowest BCUT2D eigenvalue weighted by Crippen LogP contribution is -2.24. The lowest BCUT2D eigenvalue weighted by molar-refractivity contribution is 0.402. The van der Waals surface area contributed by atoms with E-state index in [2.05, 4.69) is 46.4 Å². The molecule has 1 aliphatic carbocycles. The van der Waals surface area contributed by atoms with E-state index in [1.165, 1.54) is 17.7 Å². The van der Waals surface area contributed by atoms with Crippen LogP contribution < -0.4 is 4.90 Å². The van der Waals surface area contributed by atoms with E-state index in [-0.39, 0.29) is 0 Å². The first kappa shape index (κ1) is 11.7. The molecule has 0 aliphatic heterocycles. The summed E-state index contributed by atoms with van der Waals surface area (Å²) in [5.74, 6) is 1.10. The molecule has 0 N–H and O–H groups in total. The Balaban J connectivity index is 1.80. The molecule has 0 saturated heterocycles. The minimum absolute atomic E-state index is 0.310. The number of hydrogen-bond donors (Lipinski definition) is 0. The van der Waals surface area contributed by atoms with E-state index in [0.717, 1.165) is 12.4 Å². The maximum Gasteiger partial charge on any atom is 0.324 e. The van der Waals surface area contributed by atoms with Crippen molar-refractivity contribution in [2.45, 2.75) is 45.2 Å². The zero-order chi connectivity index (χ0) is 12.5. The number of rotatable bonds is 5. The molecule has 2 heterocycles. The highest BCUT2D eigenvalue weighted by Gasteiger charge is 2.32. The molecule has 0 spiro atoms. The average molecular weight is 263 g/mol. The second kappa shape index (κ2) is 4.72. The molecular weight excluding hydrogens is 246 g/mol. The van der Waals surface area contributed by atoms with E-state index in [1.807, 2.05) is 0 Å². The summed E-state index contributed by atoms with van der Waals surface area (Å²) < 4.78 is 5.41. The van der Waals surface area contributed by atoms with Crippen LogP contribution in [0.5, 0.6) is 0 Å². The molecule has 0 aromatic carbocycles. The molecule has 2 aromatic rings. The molecule has 96 valence electrons. The van der Waals surface area contributed by atoms with E-state index in [4.69, 9.17) is 4.52 Å². The summed E-state index contributed by atoms with van der Waals surface area (Å²) in [5.41, 5.74) is 0. The summed E-state index contributed by atoms with van der Waals surface area (Å²) >= 11 is 1.77. The summed E-state index contributed by atoms with van der Waals surface area (Å²) in [5, 5.41) is 6.16. The van der Waals surface area contributed by atoms with Crippen molar-refractivity contribution in [3.8, 4) is 0 Å². The molecule has 3 rings (SSSR count). The first-order valence-corrected chi connectivity index (χ1v) is 7.24. The van der Waals surface area contributed by atoms with E-state index < -0.39 is 0 Å². The second-order valence-corrected chi connectivity index (χ2v) is 6.06. The third-order valence-electron chi connectivity index (χ3n) is 3.09. The van der Waals surface area contributed by atoms with Crippen molar-refractivity contribution in [3.05, 3.63) is 28.2 Å². The summed E-state index contributed by atoms with van der Waals surface area (Å²) in [6.07, 6.45) is 2.45. The fourth-order valence-corrected chi connectivity index (χ4v) is 2.59. The molecule has 0 atom stereocenters. The summed E-state index contributed by atoms with van der Waals surface area (Å²) in [7, 11) is 0. The van der Waals surface area contributed by atoms with Crippen LogP contribution in [-0.4, -0.2) is 16.2 Å². The van der Waals surface area contributed by atoms with Gasteiger partial charge in [0.1, 0.15) is 0 Å². The normalized spacial score (nSPS) is 15.3. The highest BCUT2D eigenvalue weighted by atomic mass is 32.1. The Morgan fingerprint density at radius 3 is 2.89 bits per heavy atom. The monoisotopic (exact) mass is 263 g/mol. The quantitative estimate of drug-likeness (QED) is 0.829. The van der Waals surface area contributed by atoms with E-state index in [1.54, 1.807) is 11.3 Å². The van der Waals surface area contributed by atoms with Crippen molar-refractivity contribution in [2.75, 3.05) is 4.90 Å². The van der Waals surface area contributed by atoms with Gasteiger partial charge in [0.15, 0.2) is 5.82 Å². The van der Waals surface area contributed by atoms with Gasteiger partial charge in [0.2, 0.25) is 0 Å². The Morgan fingerprint density at radius 2 is 2.33 bits per heavy atom. The van der Waals surface area contributed by atoms with Gasteiger partial charge in [-0.2, -0.15) is 4.98 Å². The maximum atomic E-state index is 5.41. The first-order valence-electron chi connectivity index (χ1n) is 6.36. The Kier molecular flexibility index (Phi) is 3.07. The topological polar surface area (TPSA) is 42.2 Å². The predicted molar refractivity (Wildman–Crippen MR) is 71.9 cm³/mol. The number of thiophene rings is 1. The van der Waals surface area contributed by atoms with Gasteiger partial charge < -0.3 is 9.42 Å². The van der Waals surface area contributed by atoms with Crippen LogP contribution in [0.25, 0.3) is 0 Å². The first-order chi connectivity index (χ1) is 8.74. The zero-order valence-electron chi connectivity index (χ0n) is 10.7.